The van der Waals surface area contributed by atoms with Crippen LogP contribution in [0.15, 0.2) is 72.4 Å². The van der Waals surface area contributed by atoms with Crippen molar-refractivity contribution in [3.63, 3.8) is 0 Å². The van der Waals surface area contributed by atoms with Gasteiger partial charge in [0.05, 0.1) is 6.54 Å². The van der Waals surface area contributed by atoms with Gasteiger partial charge in [-0.1, -0.05) is 42.5 Å². The molecular formula is C35H43N7O4S. The molecule has 1 atom stereocenters. The maximum Gasteiger partial charge on any atom is 0.408 e. The summed E-state index contributed by atoms with van der Waals surface area (Å²) in [6.07, 6.45) is 2.70. The number of alkyl carbamates (subject to hydrolysis) is 1. The number of carbonyl (C=O) groups is 2. The number of hydrogen-bond donors (Lipinski definition) is 3. The molecule has 11 nitrogen and oxygen atoms in total. The van der Waals surface area contributed by atoms with Crippen molar-refractivity contribution in [2.75, 3.05) is 35.2 Å². The molecule has 0 aliphatic carbocycles. The van der Waals surface area contributed by atoms with Crippen LogP contribution in [0, 0.1) is 6.92 Å². The highest BCUT2D eigenvalue weighted by atomic mass is 32.1. The molecule has 4 heterocycles. The molecule has 0 saturated carbocycles. The van der Waals surface area contributed by atoms with Crippen molar-refractivity contribution >= 4 is 40.9 Å². The summed E-state index contributed by atoms with van der Waals surface area (Å²) in [5, 5.41) is 11.4. The first-order valence-electron chi connectivity index (χ1n) is 15.9. The highest BCUT2D eigenvalue weighted by Gasteiger charge is 2.29. The molecule has 0 bridgehead atoms. The molecule has 0 radical (unpaired) electrons. The number of pyridine rings is 1. The molecule has 1 aliphatic rings. The van der Waals surface area contributed by atoms with Crippen LogP contribution in [0.4, 0.5) is 22.2 Å². The number of amides is 1. The van der Waals surface area contributed by atoms with E-state index in [2.05, 4.69) is 60.5 Å². The number of benzene rings is 1. The van der Waals surface area contributed by atoms with E-state index in [0.717, 1.165) is 60.9 Å². The lowest BCUT2D eigenvalue weighted by Crippen LogP contribution is -2.48. The zero-order chi connectivity index (χ0) is 33.2. The fourth-order valence-corrected chi connectivity index (χ4v) is 6.01. The first-order valence-corrected chi connectivity index (χ1v) is 16.8. The van der Waals surface area contributed by atoms with Crippen LogP contribution in [0.25, 0.3) is 0 Å². The predicted molar refractivity (Wildman–Crippen MR) is 185 cm³/mol. The molecule has 1 amide bonds. The van der Waals surface area contributed by atoms with Gasteiger partial charge in [-0.05, 0) is 69.7 Å². The van der Waals surface area contributed by atoms with Gasteiger partial charge in [0, 0.05) is 41.7 Å². The van der Waals surface area contributed by atoms with Gasteiger partial charge in [-0.25, -0.2) is 24.5 Å². The summed E-state index contributed by atoms with van der Waals surface area (Å²) in [6.45, 7) is 9.85. The monoisotopic (exact) mass is 657 g/mol. The number of nitrogens with zero attached hydrogens (tertiary/aromatic N) is 4. The molecule has 0 unspecified atom stereocenters. The predicted octanol–water partition coefficient (Wildman–Crippen LogP) is 6.29. The number of nitrogens with one attached hydrogen (secondary N) is 3. The van der Waals surface area contributed by atoms with Gasteiger partial charge in [0.2, 0.25) is 0 Å². The number of piperidine rings is 1. The molecule has 0 spiro atoms. The molecule has 4 aromatic rings. The van der Waals surface area contributed by atoms with Crippen molar-refractivity contribution in [3.05, 3.63) is 94.1 Å². The fraction of sp³-hybridized carbons (Fsp3) is 0.400. The zero-order valence-electron chi connectivity index (χ0n) is 27.4. The lowest BCUT2D eigenvalue weighted by molar-refractivity contribution is -0.156. The van der Waals surface area contributed by atoms with E-state index in [1.165, 1.54) is 11.2 Å². The fourth-order valence-electron chi connectivity index (χ4n) is 5.37. The summed E-state index contributed by atoms with van der Waals surface area (Å²) in [4.78, 5) is 43.2. The van der Waals surface area contributed by atoms with Gasteiger partial charge in [-0.15, -0.1) is 11.3 Å². The molecule has 3 N–H and O–H groups in total. The van der Waals surface area contributed by atoms with Crippen LogP contribution in [-0.2, 0) is 27.4 Å². The molecular weight excluding hydrogens is 614 g/mol. The lowest BCUT2D eigenvalue weighted by Gasteiger charge is -2.33. The van der Waals surface area contributed by atoms with E-state index in [1.54, 1.807) is 32.1 Å². The first-order chi connectivity index (χ1) is 22.6. The molecule has 5 rings (SSSR count). The van der Waals surface area contributed by atoms with Crippen molar-refractivity contribution in [2.24, 2.45) is 0 Å². The Morgan fingerprint density at radius 2 is 1.79 bits per heavy atom. The highest BCUT2D eigenvalue weighted by Crippen LogP contribution is 2.32. The first kappa shape index (κ1) is 33.6. The van der Waals surface area contributed by atoms with Crippen molar-refractivity contribution in [2.45, 2.75) is 71.2 Å². The summed E-state index contributed by atoms with van der Waals surface area (Å²) in [5.41, 5.74) is 2.07. The third-order valence-electron chi connectivity index (χ3n) is 7.73. The van der Waals surface area contributed by atoms with E-state index in [9.17, 15) is 9.59 Å². The Morgan fingerprint density at radius 3 is 2.51 bits per heavy atom. The van der Waals surface area contributed by atoms with Gasteiger partial charge in [0.25, 0.3) is 0 Å². The third-order valence-corrected chi connectivity index (χ3v) is 8.61. The van der Waals surface area contributed by atoms with Gasteiger partial charge in [0.1, 0.15) is 42.0 Å². The molecule has 248 valence electrons. The number of esters is 1. The van der Waals surface area contributed by atoms with Crippen LogP contribution in [0.1, 0.15) is 61.2 Å². The van der Waals surface area contributed by atoms with Crippen LogP contribution in [0.5, 0.6) is 0 Å². The Labute approximate surface area is 280 Å². The second-order valence-electron chi connectivity index (χ2n) is 12.5. The molecule has 3 aromatic heterocycles. The quantitative estimate of drug-likeness (QED) is 0.150. The molecule has 1 saturated heterocycles. The third kappa shape index (κ3) is 9.89. The summed E-state index contributed by atoms with van der Waals surface area (Å²) in [6, 6.07) is 18.7. The SMILES string of the molecule is Cc1c(NC[C@H](NC(=O)OCc2ccccc2)C(=O)OC(C)(C)C)ncnc1N1CCC(c2cccc(NCc3cccs3)n2)CC1. The highest BCUT2D eigenvalue weighted by molar-refractivity contribution is 7.09. The van der Waals surface area contributed by atoms with Gasteiger partial charge in [-0.3, -0.25) is 0 Å². The van der Waals surface area contributed by atoms with Gasteiger partial charge >= 0.3 is 12.1 Å². The van der Waals surface area contributed by atoms with E-state index in [0.29, 0.717) is 11.7 Å². The van der Waals surface area contributed by atoms with Gasteiger partial charge < -0.3 is 30.3 Å². The van der Waals surface area contributed by atoms with Crippen molar-refractivity contribution in [3.8, 4) is 0 Å². The Hall–Kier alpha value is -4.71. The average Bonchev–Trinajstić information content (AvgIpc) is 3.59. The van der Waals surface area contributed by atoms with Crippen molar-refractivity contribution < 1.29 is 19.1 Å². The standard InChI is InChI=1S/C35H43N7O4S/c1-24-31(37-21-29(33(43)46-35(2,3)4)41-34(44)45-22-25-10-6-5-7-11-25)38-23-39-32(24)42-17-15-26(16-18-42)28-13-8-14-30(40-28)36-20-27-12-9-19-47-27/h5-14,19,23,26,29H,15-18,20-22H2,1-4H3,(H,36,40)(H,41,44)(H,37,38,39)/t29-/m0/s1. The molecule has 1 aliphatic heterocycles. The maximum atomic E-state index is 13.1. The minimum Gasteiger partial charge on any atom is -0.458 e. The summed E-state index contributed by atoms with van der Waals surface area (Å²) >= 11 is 1.73. The Kier molecular flexibility index (Phi) is 11.3. The van der Waals surface area contributed by atoms with Gasteiger partial charge in [-0.2, -0.15) is 0 Å². The normalized spacial score (nSPS) is 14.3. The molecule has 12 heteroatoms. The van der Waals surface area contributed by atoms with Crippen LogP contribution >= 0.6 is 11.3 Å². The number of carbonyl (C=O) groups excluding carboxylic acids is 2. The van der Waals surface area contributed by atoms with Crippen LogP contribution < -0.4 is 20.9 Å². The second-order valence-corrected chi connectivity index (χ2v) is 13.5. The number of thiophene rings is 1. The van der Waals surface area contributed by atoms with E-state index in [-0.39, 0.29) is 13.2 Å². The largest absolute Gasteiger partial charge is 0.458 e. The van der Waals surface area contributed by atoms with E-state index >= 15 is 0 Å². The van der Waals surface area contributed by atoms with Crippen molar-refractivity contribution in [1.82, 2.24) is 20.3 Å². The van der Waals surface area contributed by atoms with E-state index in [4.69, 9.17) is 14.5 Å². The van der Waals surface area contributed by atoms with Crippen LogP contribution in [0.3, 0.4) is 0 Å². The Morgan fingerprint density at radius 1 is 1.00 bits per heavy atom. The zero-order valence-corrected chi connectivity index (χ0v) is 28.2. The molecule has 1 fully saturated rings. The topological polar surface area (TPSA) is 131 Å². The van der Waals surface area contributed by atoms with Gasteiger partial charge in [0.15, 0.2) is 0 Å². The number of anilines is 3. The summed E-state index contributed by atoms with van der Waals surface area (Å²) in [5.74, 6) is 2.09. The second kappa shape index (κ2) is 15.7. The number of rotatable bonds is 12. The number of ether oxygens (including phenoxy) is 2. The number of aromatic nitrogens is 3. The number of hydrogen-bond acceptors (Lipinski definition) is 11. The molecule has 47 heavy (non-hydrogen) atoms. The Balaban J connectivity index is 1.18. The van der Waals surface area contributed by atoms with Crippen LogP contribution in [-0.4, -0.2) is 58.3 Å². The minimum atomic E-state index is -1.01. The van der Waals surface area contributed by atoms with E-state index in [1.807, 2.05) is 43.3 Å². The average molecular weight is 658 g/mol. The molecule has 1 aromatic carbocycles. The Bertz CT molecular complexity index is 1600. The maximum absolute atomic E-state index is 13.1. The van der Waals surface area contributed by atoms with E-state index < -0.39 is 23.7 Å². The minimum absolute atomic E-state index is 0.0528. The van der Waals surface area contributed by atoms with Crippen LogP contribution in [0.2, 0.25) is 0 Å². The lowest BCUT2D eigenvalue weighted by atomic mass is 9.93. The summed E-state index contributed by atoms with van der Waals surface area (Å²) < 4.78 is 10.9. The smallest absolute Gasteiger partial charge is 0.408 e. The summed E-state index contributed by atoms with van der Waals surface area (Å²) in [7, 11) is 0. The van der Waals surface area contributed by atoms with Crippen molar-refractivity contribution in [1.29, 1.82) is 0 Å².